The second kappa shape index (κ2) is 9.55. The Labute approximate surface area is 191 Å². The number of ether oxygens (including phenoxy) is 1. The molecule has 1 amide bonds. The molecule has 4 rings (SSSR count). The molecule has 2 aromatic rings. The molecule has 0 aromatic heterocycles. The number of rotatable bonds is 10. The predicted octanol–water partition coefficient (Wildman–Crippen LogP) is 4.09. The summed E-state index contributed by atoms with van der Waals surface area (Å²) in [6.45, 7) is 6.10. The number of hydrogen-bond acceptors (Lipinski definition) is 4. The van der Waals surface area contributed by atoms with Crippen LogP contribution >= 0.6 is 0 Å². The van der Waals surface area contributed by atoms with Crippen LogP contribution in [0.1, 0.15) is 50.7 Å². The molecular weight excluding hydrogens is 400 g/mol. The van der Waals surface area contributed by atoms with Gasteiger partial charge in [-0.05, 0) is 75.4 Å². The van der Waals surface area contributed by atoms with Gasteiger partial charge in [0.2, 0.25) is 0 Å². The SMILES string of the molecule is CCC1(CCNCCc2cccc(CC(C)=O)c2)CN(c2ccccc2)C(=O)C2(CC2)O1. The second-order valence-corrected chi connectivity index (χ2v) is 9.31. The standard InChI is InChI=1S/C27H34N2O3/c1-3-26(15-17-28-16-12-22-8-7-9-23(19-22)18-21(2)30)20-29(24-10-5-4-6-11-24)25(31)27(32-26)13-14-27/h4-11,19,28H,3,12-18,20H2,1-2H3. The lowest BCUT2D eigenvalue weighted by Gasteiger charge is -2.46. The summed E-state index contributed by atoms with van der Waals surface area (Å²) in [5.74, 6) is 0.306. The van der Waals surface area contributed by atoms with Crippen molar-refractivity contribution in [2.45, 2.75) is 63.6 Å². The molecule has 1 aliphatic heterocycles. The molecule has 0 radical (unpaired) electrons. The molecule has 2 aromatic carbocycles. The molecule has 5 heteroatoms. The highest BCUT2D eigenvalue weighted by Crippen LogP contribution is 2.49. The van der Waals surface area contributed by atoms with Gasteiger partial charge in [0.15, 0.2) is 0 Å². The number of amides is 1. The summed E-state index contributed by atoms with van der Waals surface area (Å²) in [7, 11) is 0. The molecule has 5 nitrogen and oxygen atoms in total. The first-order valence-corrected chi connectivity index (χ1v) is 11.8. The van der Waals surface area contributed by atoms with Crippen LogP contribution in [0, 0.1) is 0 Å². The van der Waals surface area contributed by atoms with E-state index >= 15 is 0 Å². The highest BCUT2D eigenvalue weighted by Gasteiger charge is 2.61. The Kier molecular flexibility index (Phi) is 6.77. The number of carbonyl (C=O) groups excluding carboxylic acids is 2. The van der Waals surface area contributed by atoms with Crippen molar-refractivity contribution in [3.8, 4) is 0 Å². The van der Waals surface area contributed by atoms with Crippen LogP contribution in [-0.2, 0) is 27.2 Å². The van der Waals surface area contributed by atoms with Crippen molar-refractivity contribution in [2.24, 2.45) is 0 Å². The fourth-order valence-corrected chi connectivity index (χ4v) is 4.69. The molecule has 2 aliphatic rings. The molecule has 170 valence electrons. The van der Waals surface area contributed by atoms with Crippen LogP contribution in [0.4, 0.5) is 5.69 Å². The van der Waals surface area contributed by atoms with Crippen molar-refractivity contribution in [3.05, 3.63) is 65.7 Å². The number of para-hydroxylation sites is 1. The lowest BCUT2D eigenvalue weighted by Crippen LogP contribution is -2.60. The predicted molar refractivity (Wildman–Crippen MR) is 127 cm³/mol. The monoisotopic (exact) mass is 434 g/mol. The first kappa shape index (κ1) is 22.7. The van der Waals surface area contributed by atoms with Crippen LogP contribution in [0.15, 0.2) is 54.6 Å². The molecule has 0 bridgehead atoms. The number of hydrogen-bond donors (Lipinski definition) is 1. The van der Waals surface area contributed by atoms with Crippen molar-refractivity contribution in [1.82, 2.24) is 5.32 Å². The maximum Gasteiger partial charge on any atom is 0.259 e. The van der Waals surface area contributed by atoms with E-state index in [1.165, 1.54) is 5.56 Å². The van der Waals surface area contributed by atoms with Crippen LogP contribution in [-0.4, -0.2) is 42.5 Å². The number of carbonyl (C=O) groups is 2. The molecule has 1 aliphatic carbocycles. The van der Waals surface area contributed by atoms with E-state index in [2.05, 4.69) is 24.4 Å². The topological polar surface area (TPSA) is 58.6 Å². The van der Waals surface area contributed by atoms with Crippen LogP contribution in [0.3, 0.4) is 0 Å². The van der Waals surface area contributed by atoms with Crippen LogP contribution < -0.4 is 10.2 Å². The molecule has 2 fully saturated rings. The maximum atomic E-state index is 13.1. The number of ketones is 1. The fraction of sp³-hybridized carbons (Fsp3) is 0.481. The smallest absolute Gasteiger partial charge is 0.259 e. The number of morpholine rings is 1. The van der Waals surface area contributed by atoms with Crippen LogP contribution in [0.2, 0.25) is 0 Å². The summed E-state index contributed by atoms with van der Waals surface area (Å²) >= 11 is 0. The van der Waals surface area contributed by atoms with Crippen LogP contribution in [0.25, 0.3) is 0 Å². The molecule has 1 N–H and O–H groups in total. The number of Topliss-reactive ketones (excluding diaryl/α,β-unsaturated/α-hetero) is 1. The Morgan fingerprint density at radius 1 is 1.06 bits per heavy atom. The summed E-state index contributed by atoms with van der Waals surface area (Å²) in [5.41, 5.74) is 2.35. The second-order valence-electron chi connectivity index (χ2n) is 9.31. The largest absolute Gasteiger partial charge is 0.357 e. The third kappa shape index (κ3) is 5.11. The molecule has 1 unspecified atom stereocenters. The van der Waals surface area contributed by atoms with E-state index in [1.54, 1.807) is 6.92 Å². The molecule has 1 saturated heterocycles. The Bertz CT molecular complexity index is 954. The van der Waals surface area contributed by atoms with Crippen molar-refractivity contribution >= 4 is 17.4 Å². The van der Waals surface area contributed by atoms with E-state index in [1.807, 2.05) is 47.4 Å². The zero-order chi connectivity index (χ0) is 22.6. The lowest BCUT2D eigenvalue weighted by molar-refractivity contribution is -0.164. The van der Waals surface area contributed by atoms with Crippen molar-refractivity contribution in [3.63, 3.8) is 0 Å². The summed E-state index contributed by atoms with van der Waals surface area (Å²) in [6, 6.07) is 18.3. The van der Waals surface area contributed by atoms with Gasteiger partial charge in [-0.25, -0.2) is 0 Å². The zero-order valence-electron chi connectivity index (χ0n) is 19.2. The van der Waals surface area contributed by atoms with E-state index < -0.39 is 5.60 Å². The normalized spacial score (nSPS) is 21.7. The molecule has 1 atom stereocenters. The van der Waals surface area contributed by atoms with Gasteiger partial charge in [-0.15, -0.1) is 0 Å². The number of anilines is 1. The molecule has 1 heterocycles. The lowest BCUT2D eigenvalue weighted by atomic mass is 9.91. The minimum atomic E-state index is -0.610. The van der Waals surface area contributed by atoms with Crippen molar-refractivity contribution in [1.29, 1.82) is 0 Å². The Balaban J connectivity index is 1.34. The van der Waals surface area contributed by atoms with E-state index in [0.717, 1.165) is 56.4 Å². The van der Waals surface area contributed by atoms with Gasteiger partial charge >= 0.3 is 0 Å². The average Bonchev–Trinajstić information content (AvgIpc) is 3.56. The molecule has 32 heavy (non-hydrogen) atoms. The first-order valence-electron chi connectivity index (χ1n) is 11.8. The fourth-order valence-electron chi connectivity index (χ4n) is 4.69. The molecule has 1 spiro atoms. The zero-order valence-corrected chi connectivity index (χ0v) is 19.2. The maximum absolute atomic E-state index is 13.1. The van der Waals surface area contributed by atoms with Gasteiger partial charge in [-0.1, -0.05) is 49.4 Å². The summed E-state index contributed by atoms with van der Waals surface area (Å²) in [6.07, 6.45) is 4.80. The highest BCUT2D eigenvalue weighted by molar-refractivity contribution is 6.02. The third-order valence-electron chi connectivity index (χ3n) is 6.70. The van der Waals surface area contributed by atoms with E-state index in [0.29, 0.717) is 13.0 Å². The summed E-state index contributed by atoms with van der Waals surface area (Å²) in [5, 5.41) is 3.56. The third-order valence-corrected chi connectivity index (χ3v) is 6.70. The van der Waals surface area contributed by atoms with Gasteiger partial charge in [0.05, 0.1) is 12.1 Å². The van der Waals surface area contributed by atoms with Gasteiger partial charge < -0.3 is 15.0 Å². The van der Waals surface area contributed by atoms with E-state index in [4.69, 9.17) is 4.74 Å². The van der Waals surface area contributed by atoms with Crippen molar-refractivity contribution in [2.75, 3.05) is 24.5 Å². The summed E-state index contributed by atoms with van der Waals surface area (Å²) < 4.78 is 6.54. The van der Waals surface area contributed by atoms with E-state index in [9.17, 15) is 9.59 Å². The summed E-state index contributed by atoms with van der Waals surface area (Å²) in [4.78, 5) is 26.4. The minimum absolute atomic E-state index is 0.117. The average molecular weight is 435 g/mol. The van der Waals surface area contributed by atoms with Gasteiger partial charge in [0.1, 0.15) is 11.4 Å². The minimum Gasteiger partial charge on any atom is -0.357 e. The Morgan fingerprint density at radius 3 is 2.50 bits per heavy atom. The van der Waals surface area contributed by atoms with Gasteiger partial charge in [-0.3, -0.25) is 9.59 Å². The van der Waals surface area contributed by atoms with Crippen LogP contribution in [0.5, 0.6) is 0 Å². The Morgan fingerprint density at radius 2 is 1.81 bits per heavy atom. The number of nitrogens with zero attached hydrogens (tertiary/aromatic N) is 1. The number of benzene rings is 2. The van der Waals surface area contributed by atoms with Gasteiger partial charge in [0, 0.05) is 12.1 Å². The highest BCUT2D eigenvalue weighted by atomic mass is 16.5. The van der Waals surface area contributed by atoms with E-state index in [-0.39, 0.29) is 17.3 Å². The Hall–Kier alpha value is -2.50. The van der Waals surface area contributed by atoms with Gasteiger partial charge in [0.25, 0.3) is 5.91 Å². The quantitative estimate of drug-likeness (QED) is 0.573. The molecule has 1 saturated carbocycles. The number of nitrogens with one attached hydrogen (secondary N) is 1. The van der Waals surface area contributed by atoms with Gasteiger partial charge in [-0.2, -0.15) is 0 Å². The molecular formula is C27H34N2O3. The first-order chi connectivity index (χ1) is 15.5. The van der Waals surface area contributed by atoms with Crippen molar-refractivity contribution < 1.29 is 14.3 Å².